The molecule has 6 nitrogen and oxygen atoms in total. The Morgan fingerprint density at radius 2 is 1.82 bits per heavy atom. The quantitative estimate of drug-likeness (QED) is 0.651. The third kappa shape index (κ3) is 4.85. The molecule has 0 saturated heterocycles. The van der Waals surface area contributed by atoms with Gasteiger partial charge >= 0.3 is 0 Å². The highest BCUT2D eigenvalue weighted by Crippen LogP contribution is 2.20. The molecule has 1 amide bonds. The first-order chi connectivity index (χ1) is 13.6. The van der Waals surface area contributed by atoms with Gasteiger partial charge in [-0.25, -0.2) is 9.97 Å². The van der Waals surface area contributed by atoms with Gasteiger partial charge in [-0.3, -0.25) is 4.79 Å². The van der Waals surface area contributed by atoms with Gasteiger partial charge in [-0.1, -0.05) is 37.3 Å². The Labute approximate surface area is 165 Å². The molecule has 0 unspecified atom stereocenters. The van der Waals surface area contributed by atoms with Gasteiger partial charge in [0.05, 0.1) is 7.11 Å². The number of para-hydroxylation sites is 1. The van der Waals surface area contributed by atoms with E-state index in [4.69, 9.17) is 4.74 Å². The molecule has 1 heterocycles. The van der Waals surface area contributed by atoms with Gasteiger partial charge in [0.1, 0.15) is 23.1 Å². The van der Waals surface area contributed by atoms with Crippen molar-refractivity contribution in [3.05, 3.63) is 77.2 Å². The molecule has 3 rings (SSSR count). The second-order valence-corrected chi connectivity index (χ2v) is 6.35. The lowest BCUT2D eigenvalue weighted by Gasteiger charge is -2.12. The number of carbonyl (C=O) groups is 1. The SMILES string of the molecule is CCc1ccccc1Nc1cc(C(=O)NCc2ccc(OC)cc2)nc(C)n1. The lowest BCUT2D eigenvalue weighted by Crippen LogP contribution is -2.24. The van der Waals surface area contributed by atoms with E-state index in [2.05, 4.69) is 33.6 Å². The normalized spacial score (nSPS) is 10.4. The number of methoxy groups -OCH3 is 1. The van der Waals surface area contributed by atoms with E-state index in [0.29, 0.717) is 23.9 Å². The van der Waals surface area contributed by atoms with Gasteiger partial charge in [-0.2, -0.15) is 0 Å². The summed E-state index contributed by atoms with van der Waals surface area (Å²) in [5, 5.41) is 6.20. The Bertz CT molecular complexity index is 955. The number of aromatic nitrogens is 2. The number of aryl methyl sites for hydroxylation is 2. The van der Waals surface area contributed by atoms with E-state index < -0.39 is 0 Å². The molecule has 28 heavy (non-hydrogen) atoms. The maximum absolute atomic E-state index is 12.6. The first kappa shape index (κ1) is 19.4. The number of anilines is 2. The lowest BCUT2D eigenvalue weighted by molar-refractivity contribution is 0.0945. The maximum Gasteiger partial charge on any atom is 0.270 e. The fraction of sp³-hybridized carbons (Fsp3) is 0.227. The monoisotopic (exact) mass is 376 g/mol. The molecule has 0 saturated carbocycles. The van der Waals surface area contributed by atoms with Gasteiger partial charge in [-0.05, 0) is 42.7 Å². The van der Waals surface area contributed by atoms with Crippen molar-refractivity contribution >= 4 is 17.4 Å². The topological polar surface area (TPSA) is 76.1 Å². The maximum atomic E-state index is 12.6. The van der Waals surface area contributed by atoms with Crippen molar-refractivity contribution in [2.24, 2.45) is 0 Å². The van der Waals surface area contributed by atoms with E-state index in [9.17, 15) is 4.79 Å². The van der Waals surface area contributed by atoms with E-state index >= 15 is 0 Å². The Balaban J connectivity index is 1.71. The third-order valence-corrected chi connectivity index (χ3v) is 4.34. The molecule has 6 heteroatoms. The number of benzene rings is 2. The van der Waals surface area contributed by atoms with E-state index in [1.807, 2.05) is 42.5 Å². The molecule has 2 aromatic carbocycles. The van der Waals surface area contributed by atoms with Crippen molar-refractivity contribution in [3.8, 4) is 5.75 Å². The summed E-state index contributed by atoms with van der Waals surface area (Å²) in [5.41, 5.74) is 3.48. The first-order valence-corrected chi connectivity index (χ1v) is 9.20. The van der Waals surface area contributed by atoms with Crippen LogP contribution in [0.15, 0.2) is 54.6 Å². The molecule has 0 spiro atoms. The highest BCUT2D eigenvalue weighted by Gasteiger charge is 2.11. The molecule has 0 aliphatic heterocycles. The van der Waals surface area contributed by atoms with Crippen LogP contribution in [0.2, 0.25) is 0 Å². The van der Waals surface area contributed by atoms with Crippen LogP contribution in [0.25, 0.3) is 0 Å². The third-order valence-electron chi connectivity index (χ3n) is 4.34. The number of hydrogen-bond acceptors (Lipinski definition) is 5. The Morgan fingerprint density at radius 3 is 2.54 bits per heavy atom. The van der Waals surface area contributed by atoms with Crippen molar-refractivity contribution < 1.29 is 9.53 Å². The number of nitrogens with zero attached hydrogens (tertiary/aromatic N) is 2. The number of hydrogen-bond donors (Lipinski definition) is 2. The van der Waals surface area contributed by atoms with Gasteiger partial charge in [0.15, 0.2) is 0 Å². The average molecular weight is 376 g/mol. The zero-order valence-electron chi connectivity index (χ0n) is 16.3. The van der Waals surface area contributed by atoms with E-state index in [1.165, 1.54) is 5.56 Å². The zero-order chi connectivity index (χ0) is 19.9. The number of nitrogens with one attached hydrogen (secondary N) is 2. The van der Waals surface area contributed by atoms with Crippen molar-refractivity contribution in [2.75, 3.05) is 12.4 Å². The minimum Gasteiger partial charge on any atom is -0.497 e. The van der Waals surface area contributed by atoms with Crippen LogP contribution in [-0.4, -0.2) is 23.0 Å². The van der Waals surface area contributed by atoms with Gasteiger partial charge in [0.2, 0.25) is 0 Å². The summed E-state index contributed by atoms with van der Waals surface area (Å²) in [6.45, 7) is 4.29. The van der Waals surface area contributed by atoms with Gasteiger partial charge in [-0.15, -0.1) is 0 Å². The van der Waals surface area contributed by atoms with Crippen molar-refractivity contribution in [1.82, 2.24) is 15.3 Å². The summed E-state index contributed by atoms with van der Waals surface area (Å²) in [4.78, 5) is 21.2. The van der Waals surface area contributed by atoms with Crippen molar-refractivity contribution in [1.29, 1.82) is 0 Å². The summed E-state index contributed by atoms with van der Waals surface area (Å²) in [7, 11) is 1.62. The average Bonchev–Trinajstić information content (AvgIpc) is 2.72. The number of rotatable bonds is 7. The molecule has 0 radical (unpaired) electrons. The molecule has 0 aliphatic rings. The summed E-state index contributed by atoms with van der Waals surface area (Å²) in [5.74, 6) is 1.68. The fourth-order valence-corrected chi connectivity index (χ4v) is 2.85. The fourth-order valence-electron chi connectivity index (χ4n) is 2.85. The van der Waals surface area contributed by atoms with Gasteiger partial charge in [0.25, 0.3) is 5.91 Å². The molecular formula is C22H24N4O2. The lowest BCUT2D eigenvalue weighted by atomic mass is 10.1. The van der Waals surface area contributed by atoms with Crippen LogP contribution >= 0.6 is 0 Å². The van der Waals surface area contributed by atoms with Crippen LogP contribution in [0.3, 0.4) is 0 Å². The molecule has 0 bridgehead atoms. The summed E-state index contributed by atoms with van der Waals surface area (Å²) < 4.78 is 5.14. The van der Waals surface area contributed by atoms with Crippen LogP contribution in [-0.2, 0) is 13.0 Å². The Kier molecular flexibility index (Phi) is 6.22. The van der Waals surface area contributed by atoms with Crippen LogP contribution < -0.4 is 15.4 Å². The molecule has 0 fully saturated rings. The number of amides is 1. The number of carbonyl (C=O) groups excluding carboxylic acids is 1. The van der Waals surface area contributed by atoms with E-state index in [-0.39, 0.29) is 5.91 Å². The largest absolute Gasteiger partial charge is 0.497 e. The van der Waals surface area contributed by atoms with Crippen LogP contribution in [0.1, 0.15) is 34.4 Å². The zero-order valence-corrected chi connectivity index (χ0v) is 16.3. The highest BCUT2D eigenvalue weighted by atomic mass is 16.5. The molecule has 0 atom stereocenters. The van der Waals surface area contributed by atoms with E-state index in [0.717, 1.165) is 23.4 Å². The second kappa shape index (κ2) is 8.99. The van der Waals surface area contributed by atoms with Crippen LogP contribution in [0.4, 0.5) is 11.5 Å². The van der Waals surface area contributed by atoms with Gasteiger partial charge < -0.3 is 15.4 Å². The highest BCUT2D eigenvalue weighted by molar-refractivity contribution is 5.93. The first-order valence-electron chi connectivity index (χ1n) is 9.20. The summed E-state index contributed by atoms with van der Waals surface area (Å²) in [6, 6.07) is 17.3. The molecular weight excluding hydrogens is 352 g/mol. The predicted molar refractivity (Wildman–Crippen MR) is 110 cm³/mol. The Morgan fingerprint density at radius 1 is 1.07 bits per heavy atom. The van der Waals surface area contributed by atoms with Gasteiger partial charge in [0, 0.05) is 18.3 Å². The molecule has 144 valence electrons. The standard InChI is InChI=1S/C22H24N4O2/c1-4-17-7-5-6-8-19(17)26-21-13-20(24-15(2)25-21)22(27)23-14-16-9-11-18(28-3)12-10-16/h5-13H,4,14H2,1-3H3,(H,23,27)(H,24,25,26). The van der Waals surface area contributed by atoms with Crippen molar-refractivity contribution in [3.63, 3.8) is 0 Å². The molecule has 2 N–H and O–H groups in total. The number of ether oxygens (including phenoxy) is 1. The van der Waals surface area contributed by atoms with Crippen LogP contribution in [0, 0.1) is 6.92 Å². The van der Waals surface area contributed by atoms with Crippen molar-refractivity contribution in [2.45, 2.75) is 26.8 Å². The summed E-state index contributed by atoms with van der Waals surface area (Å²) in [6.07, 6.45) is 0.905. The molecule has 3 aromatic rings. The minimum atomic E-state index is -0.242. The summed E-state index contributed by atoms with van der Waals surface area (Å²) >= 11 is 0. The molecule has 0 aliphatic carbocycles. The minimum absolute atomic E-state index is 0.242. The molecule has 1 aromatic heterocycles. The predicted octanol–water partition coefficient (Wildman–Crippen LogP) is 4.03. The van der Waals surface area contributed by atoms with E-state index in [1.54, 1.807) is 20.1 Å². The van der Waals surface area contributed by atoms with Crippen LogP contribution in [0.5, 0.6) is 5.75 Å². The smallest absolute Gasteiger partial charge is 0.270 e. The Hall–Kier alpha value is -3.41. The second-order valence-electron chi connectivity index (χ2n) is 6.35.